The fourth-order valence-corrected chi connectivity index (χ4v) is 4.56. The monoisotopic (exact) mass is 386 g/mol. The molecule has 1 aromatic carbocycles. The van der Waals surface area contributed by atoms with Gasteiger partial charge < -0.3 is 10.2 Å². The number of carbonyl (C=O) groups excluding carboxylic acids is 4. The number of anilines is 1. The van der Waals surface area contributed by atoms with Crippen LogP contribution in [0.2, 0.25) is 0 Å². The number of carbonyl (C=O) groups is 4. The second-order valence-corrected chi connectivity index (χ2v) is 8.05. The molecule has 140 valence electrons. The number of likely N-dealkylation sites (tertiary alicyclic amines) is 1. The number of fused-ring (bicyclic) bond motifs is 1. The Morgan fingerprint density at radius 1 is 1.30 bits per heavy atom. The average Bonchev–Trinajstić information content (AvgIpc) is 3.21. The fraction of sp³-hybridized carbons (Fsp3) is 0.389. The van der Waals surface area contributed by atoms with Gasteiger partial charge in [-0.15, -0.1) is 0 Å². The molecule has 0 aliphatic carbocycles. The largest absolute Gasteiger partial charge is 0.338 e. The molecule has 9 heteroatoms. The lowest BCUT2D eigenvalue weighted by atomic mass is 9.79. The molecule has 0 radical (unpaired) electrons. The Bertz CT molecular complexity index is 985. The van der Waals surface area contributed by atoms with E-state index in [0.717, 1.165) is 4.70 Å². The summed E-state index contributed by atoms with van der Waals surface area (Å²) < 4.78 is 0.873. The number of hydrogen-bond acceptors (Lipinski definition) is 6. The first-order chi connectivity index (χ1) is 12.9. The first kappa shape index (κ1) is 17.6. The SMILES string of the molecule is CC(=O)Nc1nc2cc(C(=O)N3CCC4(CCC(=O)NC4=O)C3)ccc2s1. The number of imide groups is 1. The minimum atomic E-state index is -0.660. The van der Waals surface area contributed by atoms with Crippen molar-refractivity contribution >= 4 is 50.3 Å². The second kappa shape index (κ2) is 6.41. The van der Waals surface area contributed by atoms with Gasteiger partial charge in [-0.1, -0.05) is 11.3 Å². The van der Waals surface area contributed by atoms with Crippen LogP contribution >= 0.6 is 11.3 Å². The highest BCUT2D eigenvalue weighted by molar-refractivity contribution is 7.22. The van der Waals surface area contributed by atoms with Crippen LogP contribution in [-0.2, 0) is 14.4 Å². The van der Waals surface area contributed by atoms with E-state index in [9.17, 15) is 19.2 Å². The van der Waals surface area contributed by atoms with Crippen molar-refractivity contribution in [2.45, 2.75) is 26.2 Å². The molecule has 3 heterocycles. The topological polar surface area (TPSA) is 108 Å². The number of amides is 4. The van der Waals surface area contributed by atoms with E-state index in [1.54, 1.807) is 17.0 Å². The molecule has 27 heavy (non-hydrogen) atoms. The third-order valence-corrected chi connectivity index (χ3v) is 6.08. The zero-order chi connectivity index (χ0) is 19.2. The smallest absolute Gasteiger partial charge is 0.253 e. The lowest BCUT2D eigenvalue weighted by Gasteiger charge is -2.31. The van der Waals surface area contributed by atoms with Gasteiger partial charge in [0.2, 0.25) is 17.7 Å². The summed E-state index contributed by atoms with van der Waals surface area (Å²) >= 11 is 1.34. The lowest BCUT2D eigenvalue weighted by Crippen LogP contribution is -2.50. The van der Waals surface area contributed by atoms with Gasteiger partial charge in [0, 0.05) is 32.0 Å². The van der Waals surface area contributed by atoms with Gasteiger partial charge >= 0.3 is 0 Å². The first-order valence-electron chi connectivity index (χ1n) is 8.68. The molecule has 4 amide bonds. The highest BCUT2D eigenvalue weighted by Gasteiger charge is 2.48. The van der Waals surface area contributed by atoms with Crippen molar-refractivity contribution in [2.75, 3.05) is 18.4 Å². The van der Waals surface area contributed by atoms with Crippen LogP contribution < -0.4 is 10.6 Å². The standard InChI is InChI=1S/C18H18N4O4S/c1-10(23)19-17-20-12-8-11(2-3-13(12)27-17)15(25)22-7-6-18(9-22)5-4-14(24)21-16(18)26/h2-3,8H,4-7,9H2,1H3,(H,19,20,23)(H,21,24,26). The third-order valence-electron chi connectivity index (χ3n) is 5.12. The number of hydrogen-bond donors (Lipinski definition) is 2. The number of thiazole rings is 1. The summed E-state index contributed by atoms with van der Waals surface area (Å²) in [5.41, 5.74) is 0.475. The Hall–Kier alpha value is -2.81. The fourth-order valence-electron chi connectivity index (χ4n) is 3.67. The van der Waals surface area contributed by atoms with Gasteiger partial charge in [0.25, 0.3) is 5.91 Å². The van der Waals surface area contributed by atoms with Crippen LogP contribution in [0.1, 0.15) is 36.5 Å². The number of piperidine rings is 1. The van der Waals surface area contributed by atoms with Crippen LogP contribution in [-0.4, -0.2) is 46.6 Å². The molecule has 1 aromatic heterocycles. The molecule has 2 aliphatic rings. The van der Waals surface area contributed by atoms with Crippen molar-refractivity contribution in [1.29, 1.82) is 0 Å². The minimum Gasteiger partial charge on any atom is -0.338 e. The van der Waals surface area contributed by atoms with E-state index < -0.39 is 5.41 Å². The summed E-state index contributed by atoms with van der Waals surface area (Å²) in [5.74, 6) is -0.882. The summed E-state index contributed by atoms with van der Waals surface area (Å²) in [6.07, 6.45) is 1.35. The summed E-state index contributed by atoms with van der Waals surface area (Å²) in [4.78, 5) is 53.8. The number of aromatic nitrogens is 1. The Balaban J connectivity index is 1.53. The Kier molecular flexibility index (Phi) is 4.18. The van der Waals surface area contributed by atoms with E-state index in [1.165, 1.54) is 18.3 Å². The molecule has 2 fully saturated rings. The molecule has 2 aromatic rings. The second-order valence-electron chi connectivity index (χ2n) is 7.02. The summed E-state index contributed by atoms with van der Waals surface area (Å²) in [7, 11) is 0. The van der Waals surface area contributed by atoms with Gasteiger partial charge in [-0.2, -0.15) is 0 Å². The van der Waals surface area contributed by atoms with Gasteiger partial charge in [-0.3, -0.25) is 24.5 Å². The van der Waals surface area contributed by atoms with Crippen LogP contribution in [0.4, 0.5) is 5.13 Å². The molecular formula is C18H18N4O4S. The van der Waals surface area contributed by atoms with Crippen LogP contribution in [0.5, 0.6) is 0 Å². The molecule has 1 spiro atoms. The Morgan fingerprint density at radius 3 is 2.85 bits per heavy atom. The van der Waals surface area contributed by atoms with E-state index in [1.807, 2.05) is 6.07 Å². The first-order valence-corrected chi connectivity index (χ1v) is 9.50. The molecule has 0 saturated carbocycles. The predicted octanol–water partition coefficient (Wildman–Crippen LogP) is 1.52. The van der Waals surface area contributed by atoms with Crippen molar-refractivity contribution in [3.63, 3.8) is 0 Å². The van der Waals surface area contributed by atoms with E-state index in [0.29, 0.717) is 48.6 Å². The molecule has 1 atom stereocenters. The van der Waals surface area contributed by atoms with Crippen LogP contribution in [0.3, 0.4) is 0 Å². The molecule has 4 rings (SSSR count). The zero-order valence-electron chi connectivity index (χ0n) is 14.7. The number of benzene rings is 1. The van der Waals surface area contributed by atoms with Gasteiger partial charge in [0.05, 0.1) is 15.6 Å². The quantitative estimate of drug-likeness (QED) is 0.761. The van der Waals surface area contributed by atoms with Crippen molar-refractivity contribution < 1.29 is 19.2 Å². The maximum absolute atomic E-state index is 12.9. The maximum Gasteiger partial charge on any atom is 0.253 e. The van der Waals surface area contributed by atoms with Crippen molar-refractivity contribution in [1.82, 2.24) is 15.2 Å². The van der Waals surface area contributed by atoms with Crippen LogP contribution in [0, 0.1) is 5.41 Å². The third kappa shape index (κ3) is 3.18. The van der Waals surface area contributed by atoms with Crippen LogP contribution in [0.15, 0.2) is 18.2 Å². The summed E-state index contributed by atoms with van der Waals surface area (Å²) in [6.45, 7) is 2.21. The van der Waals surface area contributed by atoms with Crippen LogP contribution in [0.25, 0.3) is 10.2 Å². The maximum atomic E-state index is 12.9. The molecule has 1 unspecified atom stereocenters. The molecule has 8 nitrogen and oxygen atoms in total. The normalized spacial score (nSPS) is 22.3. The van der Waals surface area contributed by atoms with Gasteiger partial charge in [0.15, 0.2) is 5.13 Å². The molecule has 2 saturated heterocycles. The summed E-state index contributed by atoms with van der Waals surface area (Å²) in [6, 6.07) is 5.24. The van der Waals surface area contributed by atoms with E-state index in [2.05, 4.69) is 15.6 Å². The van der Waals surface area contributed by atoms with Crippen molar-refractivity contribution in [3.05, 3.63) is 23.8 Å². The van der Waals surface area contributed by atoms with Gasteiger partial charge in [-0.25, -0.2) is 4.98 Å². The van der Waals surface area contributed by atoms with E-state index >= 15 is 0 Å². The molecule has 2 aliphatic heterocycles. The van der Waals surface area contributed by atoms with Crippen molar-refractivity contribution in [2.24, 2.45) is 5.41 Å². The number of nitrogens with zero attached hydrogens (tertiary/aromatic N) is 2. The minimum absolute atomic E-state index is 0.160. The van der Waals surface area contributed by atoms with E-state index in [4.69, 9.17) is 0 Å². The number of nitrogens with one attached hydrogen (secondary N) is 2. The summed E-state index contributed by atoms with van der Waals surface area (Å²) in [5, 5.41) is 5.53. The highest BCUT2D eigenvalue weighted by atomic mass is 32.1. The van der Waals surface area contributed by atoms with Gasteiger partial charge in [-0.05, 0) is 31.0 Å². The Labute approximate surface area is 158 Å². The predicted molar refractivity (Wildman–Crippen MR) is 99.3 cm³/mol. The van der Waals surface area contributed by atoms with Crippen molar-refractivity contribution in [3.8, 4) is 0 Å². The lowest BCUT2D eigenvalue weighted by molar-refractivity contribution is -0.141. The zero-order valence-corrected chi connectivity index (χ0v) is 15.5. The molecule has 2 N–H and O–H groups in total. The average molecular weight is 386 g/mol. The highest BCUT2D eigenvalue weighted by Crippen LogP contribution is 2.38. The molecular weight excluding hydrogens is 368 g/mol. The number of rotatable bonds is 2. The van der Waals surface area contributed by atoms with E-state index in [-0.39, 0.29) is 23.6 Å². The van der Waals surface area contributed by atoms with Gasteiger partial charge in [0.1, 0.15) is 0 Å². The Morgan fingerprint density at radius 2 is 2.11 bits per heavy atom. The molecule has 0 bridgehead atoms.